The van der Waals surface area contributed by atoms with Crippen LogP contribution < -0.4 is 10.1 Å². The van der Waals surface area contributed by atoms with Crippen molar-refractivity contribution in [2.75, 3.05) is 6.61 Å². The van der Waals surface area contributed by atoms with Crippen LogP contribution in [0.25, 0.3) is 0 Å². The summed E-state index contributed by atoms with van der Waals surface area (Å²) in [6.07, 6.45) is 1.40. The Hall–Kier alpha value is -2.37. The summed E-state index contributed by atoms with van der Waals surface area (Å²) in [4.78, 5) is 15.5. The van der Waals surface area contributed by atoms with E-state index in [1.54, 1.807) is 0 Å². The van der Waals surface area contributed by atoms with E-state index in [0.717, 1.165) is 0 Å². The summed E-state index contributed by atoms with van der Waals surface area (Å²) in [5, 5.41) is 9.05. The molecule has 0 bridgehead atoms. The molecule has 1 amide bonds. The van der Waals surface area contributed by atoms with Crippen molar-refractivity contribution in [1.29, 1.82) is 0 Å². The van der Waals surface area contributed by atoms with E-state index >= 15 is 0 Å². The standard InChI is InChI=1S/C14H18N4O2/c1-10(2)11-3-5-12(6-4-11)20-8-14(19)15-7-13-16-9-17-18-13/h3-6,9-10H,7-8H2,1-2H3,(H,15,19)(H,16,17,18). The third-order valence-electron chi connectivity index (χ3n) is 2.83. The van der Waals surface area contributed by atoms with E-state index in [1.165, 1.54) is 11.9 Å². The quantitative estimate of drug-likeness (QED) is 0.839. The lowest BCUT2D eigenvalue weighted by atomic mass is 10.0. The number of benzene rings is 1. The molecule has 1 aromatic carbocycles. The summed E-state index contributed by atoms with van der Waals surface area (Å²) in [7, 11) is 0. The van der Waals surface area contributed by atoms with Crippen LogP contribution >= 0.6 is 0 Å². The number of aromatic amines is 1. The molecule has 0 saturated heterocycles. The molecule has 0 spiro atoms. The number of carbonyl (C=O) groups excluding carboxylic acids is 1. The number of ether oxygens (including phenoxy) is 1. The minimum absolute atomic E-state index is 0.0187. The van der Waals surface area contributed by atoms with E-state index in [4.69, 9.17) is 4.74 Å². The van der Waals surface area contributed by atoms with Gasteiger partial charge in [0.05, 0.1) is 6.54 Å². The fourth-order valence-corrected chi connectivity index (χ4v) is 1.65. The number of nitrogens with zero attached hydrogens (tertiary/aromatic N) is 2. The van der Waals surface area contributed by atoms with E-state index in [9.17, 15) is 4.79 Å². The molecule has 2 rings (SSSR count). The molecule has 0 atom stereocenters. The number of hydrogen-bond acceptors (Lipinski definition) is 4. The van der Waals surface area contributed by atoms with Gasteiger partial charge in [-0.05, 0) is 23.6 Å². The Kier molecular flexibility index (Phi) is 4.70. The Bertz CT molecular complexity index is 535. The van der Waals surface area contributed by atoms with Crippen LogP contribution in [0.3, 0.4) is 0 Å². The van der Waals surface area contributed by atoms with Gasteiger partial charge >= 0.3 is 0 Å². The van der Waals surface area contributed by atoms with Crippen LogP contribution in [-0.4, -0.2) is 27.7 Å². The highest BCUT2D eigenvalue weighted by atomic mass is 16.5. The lowest BCUT2D eigenvalue weighted by Crippen LogP contribution is -2.28. The maximum absolute atomic E-state index is 11.6. The third kappa shape index (κ3) is 4.08. The Morgan fingerprint density at radius 1 is 1.35 bits per heavy atom. The second-order valence-corrected chi connectivity index (χ2v) is 4.72. The van der Waals surface area contributed by atoms with Gasteiger partial charge in [0.15, 0.2) is 6.61 Å². The molecule has 1 heterocycles. The van der Waals surface area contributed by atoms with Gasteiger partial charge in [0.2, 0.25) is 0 Å². The van der Waals surface area contributed by atoms with Crippen LogP contribution in [0, 0.1) is 0 Å². The molecule has 0 aliphatic rings. The van der Waals surface area contributed by atoms with Crippen molar-refractivity contribution in [2.24, 2.45) is 0 Å². The molecule has 2 N–H and O–H groups in total. The van der Waals surface area contributed by atoms with E-state index < -0.39 is 0 Å². The summed E-state index contributed by atoms with van der Waals surface area (Å²) in [5.74, 6) is 1.58. The molecule has 0 fully saturated rings. The Morgan fingerprint density at radius 3 is 2.70 bits per heavy atom. The monoisotopic (exact) mass is 274 g/mol. The molecule has 1 aromatic heterocycles. The van der Waals surface area contributed by atoms with Crippen molar-refractivity contribution in [3.05, 3.63) is 42.0 Å². The van der Waals surface area contributed by atoms with Crippen molar-refractivity contribution in [2.45, 2.75) is 26.3 Å². The first-order valence-electron chi connectivity index (χ1n) is 6.49. The van der Waals surface area contributed by atoms with Gasteiger partial charge < -0.3 is 10.1 Å². The van der Waals surface area contributed by atoms with E-state index in [2.05, 4.69) is 34.3 Å². The zero-order valence-corrected chi connectivity index (χ0v) is 11.6. The number of nitrogens with one attached hydrogen (secondary N) is 2. The Morgan fingerprint density at radius 2 is 2.10 bits per heavy atom. The van der Waals surface area contributed by atoms with E-state index in [-0.39, 0.29) is 12.5 Å². The normalized spacial score (nSPS) is 10.6. The maximum Gasteiger partial charge on any atom is 0.258 e. The van der Waals surface area contributed by atoms with Crippen molar-refractivity contribution in [3.63, 3.8) is 0 Å². The smallest absolute Gasteiger partial charge is 0.258 e. The molecule has 6 heteroatoms. The summed E-state index contributed by atoms with van der Waals surface area (Å²) in [6, 6.07) is 7.76. The molecule has 2 aromatic rings. The second-order valence-electron chi connectivity index (χ2n) is 4.72. The Labute approximate surface area is 117 Å². The molecular formula is C14H18N4O2. The zero-order valence-electron chi connectivity index (χ0n) is 11.6. The molecule has 0 unspecified atom stereocenters. The molecule has 20 heavy (non-hydrogen) atoms. The molecule has 0 aliphatic heterocycles. The van der Waals surface area contributed by atoms with Gasteiger partial charge in [-0.1, -0.05) is 26.0 Å². The van der Waals surface area contributed by atoms with Gasteiger partial charge in [0.1, 0.15) is 17.9 Å². The predicted octanol–water partition coefficient (Wildman–Crippen LogP) is 1.62. The number of amides is 1. The molecule has 0 aliphatic carbocycles. The molecule has 6 nitrogen and oxygen atoms in total. The van der Waals surface area contributed by atoms with Crippen LogP contribution in [0.15, 0.2) is 30.6 Å². The predicted molar refractivity (Wildman–Crippen MR) is 74.3 cm³/mol. The third-order valence-corrected chi connectivity index (χ3v) is 2.83. The van der Waals surface area contributed by atoms with Crippen LogP contribution in [0.4, 0.5) is 0 Å². The maximum atomic E-state index is 11.6. The summed E-state index contributed by atoms with van der Waals surface area (Å²) in [6.45, 7) is 4.56. The molecular weight excluding hydrogens is 256 g/mol. The van der Waals surface area contributed by atoms with Gasteiger partial charge in [0.25, 0.3) is 5.91 Å². The van der Waals surface area contributed by atoms with E-state index in [0.29, 0.717) is 24.0 Å². The average Bonchev–Trinajstić information content (AvgIpc) is 2.96. The van der Waals surface area contributed by atoms with Crippen molar-refractivity contribution in [1.82, 2.24) is 20.5 Å². The zero-order chi connectivity index (χ0) is 14.4. The van der Waals surface area contributed by atoms with Crippen molar-refractivity contribution >= 4 is 5.91 Å². The fraction of sp³-hybridized carbons (Fsp3) is 0.357. The topological polar surface area (TPSA) is 79.9 Å². The number of hydrogen-bond donors (Lipinski definition) is 2. The minimum atomic E-state index is -0.200. The Balaban J connectivity index is 1.75. The number of rotatable bonds is 6. The van der Waals surface area contributed by atoms with Crippen LogP contribution in [-0.2, 0) is 11.3 Å². The van der Waals surface area contributed by atoms with E-state index in [1.807, 2.05) is 24.3 Å². The highest BCUT2D eigenvalue weighted by molar-refractivity contribution is 5.77. The number of H-pyrrole nitrogens is 1. The van der Waals surface area contributed by atoms with Crippen molar-refractivity contribution < 1.29 is 9.53 Å². The highest BCUT2D eigenvalue weighted by Crippen LogP contribution is 2.18. The SMILES string of the molecule is CC(C)c1ccc(OCC(=O)NCc2ncn[nH]2)cc1. The van der Waals surface area contributed by atoms with Gasteiger partial charge in [-0.15, -0.1) is 0 Å². The second kappa shape index (κ2) is 6.70. The van der Waals surface area contributed by atoms with Gasteiger partial charge in [-0.25, -0.2) is 4.98 Å². The minimum Gasteiger partial charge on any atom is -0.484 e. The lowest BCUT2D eigenvalue weighted by Gasteiger charge is -2.09. The van der Waals surface area contributed by atoms with Gasteiger partial charge in [-0.2, -0.15) is 5.10 Å². The van der Waals surface area contributed by atoms with Gasteiger partial charge in [-0.3, -0.25) is 9.89 Å². The summed E-state index contributed by atoms with van der Waals surface area (Å²) in [5.41, 5.74) is 1.24. The summed E-state index contributed by atoms with van der Waals surface area (Å²) >= 11 is 0. The average molecular weight is 274 g/mol. The molecule has 106 valence electrons. The molecule has 0 radical (unpaired) electrons. The lowest BCUT2D eigenvalue weighted by molar-refractivity contribution is -0.123. The first kappa shape index (κ1) is 14.0. The molecule has 0 saturated carbocycles. The summed E-state index contributed by atoms with van der Waals surface area (Å²) < 4.78 is 5.41. The van der Waals surface area contributed by atoms with Crippen LogP contribution in [0.5, 0.6) is 5.75 Å². The van der Waals surface area contributed by atoms with Gasteiger partial charge in [0, 0.05) is 0 Å². The highest BCUT2D eigenvalue weighted by Gasteiger charge is 2.04. The fourth-order valence-electron chi connectivity index (χ4n) is 1.65. The first-order chi connectivity index (χ1) is 9.65. The number of aromatic nitrogens is 3. The van der Waals surface area contributed by atoms with Crippen LogP contribution in [0.2, 0.25) is 0 Å². The number of carbonyl (C=O) groups is 1. The van der Waals surface area contributed by atoms with Crippen molar-refractivity contribution in [3.8, 4) is 5.75 Å². The largest absolute Gasteiger partial charge is 0.484 e. The first-order valence-corrected chi connectivity index (χ1v) is 6.49. The van der Waals surface area contributed by atoms with Crippen LogP contribution in [0.1, 0.15) is 31.2 Å².